The largest absolute Gasteiger partial charge is 0.493 e. The molecule has 0 aliphatic heterocycles. The van der Waals surface area contributed by atoms with Crippen LogP contribution in [-0.4, -0.2) is 29.6 Å². The molecule has 0 saturated carbocycles. The molecule has 0 saturated heterocycles. The molecule has 0 aliphatic carbocycles. The number of nitrogens with zero attached hydrogens (tertiary/aromatic N) is 1. The number of aromatic nitrogens is 1. The van der Waals surface area contributed by atoms with Gasteiger partial charge >= 0.3 is 0 Å². The van der Waals surface area contributed by atoms with E-state index in [2.05, 4.69) is 24.1 Å². The molecule has 1 aromatic heterocycles. The van der Waals surface area contributed by atoms with Gasteiger partial charge in [-0.3, -0.25) is 4.98 Å². The molecule has 1 aromatic rings. The summed E-state index contributed by atoms with van der Waals surface area (Å²) in [5.41, 5.74) is 2.04. The smallest absolute Gasteiger partial charge is 0.160 e. The van der Waals surface area contributed by atoms with Gasteiger partial charge in [-0.1, -0.05) is 6.92 Å². The molecule has 1 N–H and O–H groups in total. The van der Waals surface area contributed by atoms with Gasteiger partial charge in [0.25, 0.3) is 0 Å². The van der Waals surface area contributed by atoms with Crippen molar-refractivity contribution in [3.05, 3.63) is 18.0 Å². The van der Waals surface area contributed by atoms with Gasteiger partial charge in [-0.2, -0.15) is 11.8 Å². The Bertz CT molecular complexity index is 344. The second-order valence-corrected chi connectivity index (χ2v) is 5.45. The maximum atomic E-state index is 5.30. The number of nitrogens with one attached hydrogen (secondary N) is 1. The number of aryl methyl sites for hydroxylation is 1. The number of ether oxygens (including phenoxy) is 1. The summed E-state index contributed by atoms with van der Waals surface area (Å²) in [7, 11) is 1.68. The number of pyridine rings is 1. The summed E-state index contributed by atoms with van der Waals surface area (Å²) in [6.45, 7) is 6.38. The average Bonchev–Trinajstić information content (AvgIpc) is 2.29. The summed E-state index contributed by atoms with van der Waals surface area (Å²) in [5, 5.41) is 3.48. The number of anilines is 1. The van der Waals surface area contributed by atoms with Gasteiger partial charge in [-0.25, -0.2) is 0 Å². The zero-order chi connectivity index (χ0) is 12.7. The summed E-state index contributed by atoms with van der Waals surface area (Å²) < 4.78 is 5.30. The normalized spacial score (nSPS) is 12.2. The van der Waals surface area contributed by atoms with Crippen molar-refractivity contribution in [2.45, 2.75) is 33.2 Å². The lowest BCUT2D eigenvalue weighted by atomic mass is 10.2. The fourth-order valence-electron chi connectivity index (χ4n) is 1.56. The highest BCUT2D eigenvalue weighted by Gasteiger charge is 2.07. The Hall–Kier alpha value is -0.900. The van der Waals surface area contributed by atoms with Crippen LogP contribution >= 0.6 is 11.8 Å². The molecule has 1 unspecified atom stereocenters. The van der Waals surface area contributed by atoms with Crippen molar-refractivity contribution < 1.29 is 4.74 Å². The Balaban J connectivity index is 2.57. The third-order valence-electron chi connectivity index (χ3n) is 2.53. The van der Waals surface area contributed by atoms with E-state index >= 15 is 0 Å². The molecule has 1 heterocycles. The van der Waals surface area contributed by atoms with E-state index in [1.54, 1.807) is 13.3 Å². The quantitative estimate of drug-likeness (QED) is 0.757. The van der Waals surface area contributed by atoms with Crippen LogP contribution in [0.4, 0.5) is 5.69 Å². The predicted molar refractivity (Wildman–Crippen MR) is 76.2 cm³/mol. The monoisotopic (exact) mass is 254 g/mol. The van der Waals surface area contributed by atoms with Crippen LogP contribution in [0.2, 0.25) is 0 Å². The Kier molecular flexibility index (Phi) is 6.19. The average molecular weight is 254 g/mol. The van der Waals surface area contributed by atoms with Crippen LogP contribution in [0.3, 0.4) is 0 Å². The summed E-state index contributed by atoms with van der Waals surface area (Å²) >= 11 is 1.98. The number of hydrogen-bond acceptors (Lipinski definition) is 4. The van der Waals surface area contributed by atoms with Gasteiger partial charge in [0.15, 0.2) is 5.75 Å². The van der Waals surface area contributed by atoms with Crippen LogP contribution in [0, 0.1) is 6.92 Å². The van der Waals surface area contributed by atoms with Crippen LogP contribution in [0.5, 0.6) is 5.75 Å². The number of methoxy groups -OCH3 is 1. The molecule has 0 radical (unpaired) electrons. The van der Waals surface area contributed by atoms with Crippen molar-refractivity contribution in [1.29, 1.82) is 0 Å². The van der Waals surface area contributed by atoms with E-state index in [0.29, 0.717) is 6.04 Å². The lowest BCUT2D eigenvalue weighted by Crippen LogP contribution is -2.16. The first-order valence-electron chi connectivity index (χ1n) is 6.02. The topological polar surface area (TPSA) is 34.2 Å². The molecular weight excluding hydrogens is 232 g/mol. The molecule has 0 spiro atoms. The molecule has 0 bridgehead atoms. The molecule has 4 heteroatoms. The zero-order valence-electron chi connectivity index (χ0n) is 11.1. The highest BCUT2D eigenvalue weighted by atomic mass is 32.2. The molecule has 0 aromatic carbocycles. The van der Waals surface area contributed by atoms with Gasteiger partial charge in [0, 0.05) is 11.7 Å². The van der Waals surface area contributed by atoms with Crippen LogP contribution in [0.15, 0.2) is 12.3 Å². The summed E-state index contributed by atoms with van der Waals surface area (Å²) in [6, 6.07) is 2.48. The Morgan fingerprint density at radius 3 is 2.94 bits per heavy atom. The van der Waals surface area contributed by atoms with Gasteiger partial charge in [0.05, 0.1) is 19.0 Å². The number of thioether (sulfide) groups is 1. The van der Waals surface area contributed by atoms with Crippen molar-refractivity contribution >= 4 is 17.4 Å². The van der Waals surface area contributed by atoms with Crippen LogP contribution < -0.4 is 10.1 Å². The molecule has 1 rings (SSSR count). The van der Waals surface area contributed by atoms with Crippen molar-refractivity contribution in [3.8, 4) is 5.75 Å². The molecule has 96 valence electrons. The summed E-state index contributed by atoms with van der Waals surface area (Å²) in [5.74, 6) is 3.19. The van der Waals surface area contributed by atoms with E-state index in [4.69, 9.17) is 4.74 Å². The van der Waals surface area contributed by atoms with Gasteiger partial charge in [0.2, 0.25) is 0 Å². The fraction of sp³-hybridized carbons (Fsp3) is 0.615. The molecule has 0 aliphatic rings. The standard InChI is InChI=1S/C13H22N2OS/c1-5-17-7-6-10(2)15-12-8-11(3)14-9-13(12)16-4/h8-10H,5-7H2,1-4H3,(H,14,15). The molecule has 0 fully saturated rings. The highest BCUT2D eigenvalue weighted by molar-refractivity contribution is 7.99. The number of rotatable bonds is 7. The molecule has 3 nitrogen and oxygen atoms in total. The number of hydrogen-bond donors (Lipinski definition) is 1. The van der Waals surface area contributed by atoms with Crippen molar-refractivity contribution in [3.63, 3.8) is 0 Å². The van der Waals surface area contributed by atoms with E-state index in [1.165, 1.54) is 11.5 Å². The second kappa shape index (κ2) is 7.43. The summed E-state index contributed by atoms with van der Waals surface area (Å²) in [4.78, 5) is 4.22. The van der Waals surface area contributed by atoms with Crippen molar-refractivity contribution in [2.24, 2.45) is 0 Å². The van der Waals surface area contributed by atoms with Crippen LogP contribution in [0.25, 0.3) is 0 Å². The molecule has 0 amide bonds. The minimum absolute atomic E-state index is 0.449. The van der Waals surface area contributed by atoms with Gasteiger partial charge < -0.3 is 10.1 Å². The van der Waals surface area contributed by atoms with Gasteiger partial charge in [-0.15, -0.1) is 0 Å². The third-order valence-corrected chi connectivity index (χ3v) is 3.46. The van der Waals surface area contributed by atoms with E-state index in [9.17, 15) is 0 Å². The molecule has 17 heavy (non-hydrogen) atoms. The highest BCUT2D eigenvalue weighted by Crippen LogP contribution is 2.24. The Labute approximate surface area is 108 Å². The van der Waals surface area contributed by atoms with Gasteiger partial charge in [0.1, 0.15) is 0 Å². The van der Waals surface area contributed by atoms with Crippen molar-refractivity contribution in [2.75, 3.05) is 23.9 Å². The third kappa shape index (κ3) is 4.86. The fourth-order valence-corrected chi connectivity index (χ4v) is 2.37. The van der Waals surface area contributed by atoms with Crippen LogP contribution in [-0.2, 0) is 0 Å². The minimum Gasteiger partial charge on any atom is -0.493 e. The SMILES string of the molecule is CCSCCC(C)Nc1cc(C)ncc1OC. The second-order valence-electron chi connectivity index (χ2n) is 4.06. The van der Waals surface area contributed by atoms with Crippen molar-refractivity contribution in [1.82, 2.24) is 4.98 Å². The van der Waals surface area contributed by atoms with E-state index in [0.717, 1.165) is 23.6 Å². The van der Waals surface area contributed by atoms with Crippen LogP contribution in [0.1, 0.15) is 26.0 Å². The Morgan fingerprint density at radius 2 is 2.29 bits per heavy atom. The van der Waals surface area contributed by atoms with E-state index in [-0.39, 0.29) is 0 Å². The lowest BCUT2D eigenvalue weighted by molar-refractivity contribution is 0.414. The lowest BCUT2D eigenvalue weighted by Gasteiger charge is -2.17. The Morgan fingerprint density at radius 1 is 1.53 bits per heavy atom. The maximum Gasteiger partial charge on any atom is 0.160 e. The molecular formula is C13H22N2OS. The summed E-state index contributed by atoms with van der Waals surface area (Å²) in [6.07, 6.45) is 2.92. The molecule has 1 atom stereocenters. The van der Waals surface area contributed by atoms with E-state index in [1.807, 2.05) is 24.8 Å². The predicted octanol–water partition coefficient (Wildman–Crippen LogP) is 3.34. The first-order valence-corrected chi connectivity index (χ1v) is 7.17. The first kappa shape index (κ1) is 14.2. The maximum absolute atomic E-state index is 5.30. The first-order chi connectivity index (χ1) is 8.17. The van der Waals surface area contributed by atoms with E-state index < -0.39 is 0 Å². The van der Waals surface area contributed by atoms with Gasteiger partial charge in [-0.05, 0) is 37.8 Å². The zero-order valence-corrected chi connectivity index (χ0v) is 11.9. The minimum atomic E-state index is 0.449.